The number of esters is 1. The number of carbonyl (C=O) groups excluding carboxylic acids is 1. The Labute approximate surface area is 74.5 Å². The van der Waals surface area contributed by atoms with Crippen LogP contribution in [-0.2, 0) is 9.53 Å². The van der Waals surface area contributed by atoms with E-state index in [0.717, 1.165) is 0 Å². The Morgan fingerprint density at radius 3 is 1.83 bits per heavy atom. The molecule has 0 fully saturated rings. The summed E-state index contributed by atoms with van der Waals surface area (Å²) in [5.41, 5.74) is -0.704. The van der Waals surface area contributed by atoms with Gasteiger partial charge in [-0.25, -0.2) is 0 Å². The summed E-state index contributed by atoms with van der Waals surface area (Å²) < 4.78 is 4.66. The Kier molecular flexibility index (Phi) is 3.27. The lowest BCUT2D eigenvalue weighted by molar-refractivity contribution is -0.147. The number of hydrogen-bond donors (Lipinski definition) is 1. The zero-order valence-electron chi connectivity index (χ0n) is 8.82. The molecular formula is C9H19NO2. The highest BCUT2D eigenvalue weighted by molar-refractivity contribution is 5.79. The van der Waals surface area contributed by atoms with Gasteiger partial charge in [-0.1, -0.05) is 0 Å². The molecule has 12 heavy (non-hydrogen) atoms. The van der Waals surface area contributed by atoms with Crippen LogP contribution in [0.2, 0.25) is 0 Å². The maximum atomic E-state index is 11.2. The summed E-state index contributed by atoms with van der Waals surface area (Å²) in [6.45, 7) is 9.65. The molecule has 3 heteroatoms. The van der Waals surface area contributed by atoms with Crippen molar-refractivity contribution < 1.29 is 9.53 Å². The first-order chi connectivity index (χ1) is 5.19. The minimum absolute atomic E-state index is 0.0856. The van der Waals surface area contributed by atoms with Crippen molar-refractivity contribution >= 4 is 5.97 Å². The molecular weight excluding hydrogens is 154 g/mol. The molecule has 0 spiro atoms. The maximum absolute atomic E-state index is 11.2. The van der Waals surface area contributed by atoms with Gasteiger partial charge >= 0.3 is 5.97 Å². The van der Waals surface area contributed by atoms with E-state index in [9.17, 15) is 4.79 Å². The van der Waals surface area contributed by atoms with Gasteiger partial charge in [0.2, 0.25) is 0 Å². The molecule has 3 nitrogen and oxygen atoms in total. The van der Waals surface area contributed by atoms with Gasteiger partial charge in [-0.3, -0.25) is 10.1 Å². The van der Waals surface area contributed by atoms with Crippen LogP contribution in [0.4, 0.5) is 0 Å². The van der Waals surface area contributed by atoms with Crippen LogP contribution < -0.4 is 5.32 Å². The fourth-order valence-corrected chi connectivity index (χ4v) is 1.24. The maximum Gasteiger partial charge on any atom is 0.325 e. The van der Waals surface area contributed by atoms with Crippen LogP contribution in [-0.4, -0.2) is 24.2 Å². The SMILES string of the molecule is COC(=O)C(C)(C)NC(C)(C)C. The summed E-state index contributed by atoms with van der Waals surface area (Å²) in [6.07, 6.45) is 0. The van der Waals surface area contributed by atoms with E-state index in [-0.39, 0.29) is 11.5 Å². The van der Waals surface area contributed by atoms with Gasteiger partial charge < -0.3 is 4.74 Å². The fourth-order valence-electron chi connectivity index (χ4n) is 1.24. The van der Waals surface area contributed by atoms with E-state index in [4.69, 9.17) is 0 Å². The standard InChI is InChI=1S/C9H19NO2/c1-8(2,3)10-9(4,5)7(11)12-6/h10H,1-6H3. The van der Waals surface area contributed by atoms with Crippen molar-refractivity contribution in [1.82, 2.24) is 5.32 Å². The molecule has 0 rings (SSSR count). The van der Waals surface area contributed by atoms with Gasteiger partial charge in [0.15, 0.2) is 0 Å². The van der Waals surface area contributed by atoms with Crippen molar-refractivity contribution in [2.45, 2.75) is 45.7 Å². The lowest BCUT2D eigenvalue weighted by Crippen LogP contribution is -2.55. The van der Waals surface area contributed by atoms with Gasteiger partial charge in [0, 0.05) is 5.54 Å². The molecule has 1 N–H and O–H groups in total. The number of nitrogens with one attached hydrogen (secondary N) is 1. The molecule has 0 amide bonds. The number of carbonyl (C=O) groups is 1. The first-order valence-electron chi connectivity index (χ1n) is 4.07. The second kappa shape index (κ2) is 3.44. The first-order valence-corrected chi connectivity index (χ1v) is 4.07. The van der Waals surface area contributed by atoms with Crippen molar-refractivity contribution in [3.05, 3.63) is 0 Å². The second-order valence-electron chi connectivity index (χ2n) is 4.49. The molecule has 72 valence electrons. The van der Waals surface area contributed by atoms with Crippen molar-refractivity contribution in [2.24, 2.45) is 0 Å². The smallest absolute Gasteiger partial charge is 0.325 e. The van der Waals surface area contributed by atoms with Crippen molar-refractivity contribution in [1.29, 1.82) is 0 Å². The minimum Gasteiger partial charge on any atom is -0.468 e. The molecule has 0 saturated heterocycles. The zero-order valence-corrected chi connectivity index (χ0v) is 8.82. The Balaban J connectivity index is 4.32. The van der Waals surface area contributed by atoms with E-state index in [0.29, 0.717) is 0 Å². The lowest BCUT2D eigenvalue weighted by Gasteiger charge is -2.32. The Morgan fingerprint density at radius 1 is 1.17 bits per heavy atom. The van der Waals surface area contributed by atoms with Crippen LogP contribution in [0, 0.1) is 0 Å². The molecule has 0 aliphatic heterocycles. The molecule has 0 radical (unpaired) electrons. The molecule has 0 bridgehead atoms. The molecule has 0 saturated carbocycles. The molecule has 0 aromatic heterocycles. The summed E-state index contributed by atoms with van der Waals surface area (Å²) in [6, 6.07) is 0. The molecule has 0 aromatic carbocycles. The lowest BCUT2D eigenvalue weighted by atomic mass is 9.99. The van der Waals surface area contributed by atoms with Gasteiger partial charge in [-0.15, -0.1) is 0 Å². The number of hydrogen-bond acceptors (Lipinski definition) is 3. The van der Waals surface area contributed by atoms with E-state index < -0.39 is 5.54 Å². The second-order valence-corrected chi connectivity index (χ2v) is 4.49. The largest absolute Gasteiger partial charge is 0.468 e. The third kappa shape index (κ3) is 3.72. The summed E-state index contributed by atoms with van der Waals surface area (Å²) in [5.74, 6) is -0.238. The normalized spacial score (nSPS) is 12.8. The zero-order chi connectivity index (χ0) is 9.99. The Bertz CT molecular complexity index is 168. The Hall–Kier alpha value is -0.570. The fraction of sp³-hybridized carbons (Fsp3) is 0.889. The number of ether oxygens (including phenoxy) is 1. The summed E-state index contributed by atoms with van der Waals surface area (Å²) in [5, 5.41) is 3.17. The molecule has 0 aliphatic rings. The summed E-state index contributed by atoms with van der Waals surface area (Å²) in [4.78, 5) is 11.2. The predicted octanol–water partition coefficient (Wildman–Crippen LogP) is 1.33. The van der Waals surface area contributed by atoms with Crippen LogP contribution in [0.1, 0.15) is 34.6 Å². The predicted molar refractivity (Wildman–Crippen MR) is 49.0 cm³/mol. The number of methoxy groups -OCH3 is 1. The first kappa shape index (κ1) is 11.4. The van der Waals surface area contributed by atoms with Crippen LogP contribution >= 0.6 is 0 Å². The number of rotatable bonds is 2. The quantitative estimate of drug-likeness (QED) is 0.640. The minimum atomic E-state index is -0.618. The highest BCUT2D eigenvalue weighted by Gasteiger charge is 2.32. The topological polar surface area (TPSA) is 38.3 Å². The summed E-state index contributed by atoms with van der Waals surface area (Å²) >= 11 is 0. The van der Waals surface area contributed by atoms with Crippen LogP contribution in [0.25, 0.3) is 0 Å². The molecule has 0 aliphatic carbocycles. The average Bonchev–Trinajstić information content (AvgIpc) is 1.80. The van der Waals surface area contributed by atoms with E-state index in [1.54, 1.807) is 0 Å². The van der Waals surface area contributed by atoms with Crippen LogP contribution in [0.3, 0.4) is 0 Å². The van der Waals surface area contributed by atoms with Gasteiger partial charge in [0.25, 0.3) is 0 Å². The monoisotopic (exact) mass is 173 g/mol. The van der Waals surface area contributed by atoms with Crippen LogP contribution in [0.15, 0.2) is 0 Å². The average molecular weight is 173 g/mol. The van der Waals surface area contributed by atoms with E-state index in [1.807, 2.05) is 34.6 Å². The van der Waals surface area contributed by atoms with Gasteiger partial charge in [-0.2, -0.15) is 0 Å². The van der Waals surface area contributed by atoms with Crippen molar-refractivity contribution in [2.75, 3.05) is 7.11 Å². The molecule has 0 atom stereocenters. The van der Waals surface area contributed by atoms with E-state index in [1.165, 1.54) is 7.11 Å². The van der Waals surface area contributed by atoms with Crippen molar-refractivity contribution in [3.63, 3.8) is 0 Å². The highest BCUT2D eigenvalue weighted by Crippen LogP contribution is 2.11. The molecule has 0 unspecified atom stereocenters. The third-order valence-electron chi connectivity index (χ3n) is 1.38. The van der Waals surface area contributed by atoms with Gasteiger partial charge in [-0.05, 0) is 34.6 Å². The summed E-state index contributed by atoms with van der Waals surface area (Å²) in [7, 11) is 1.40. The van der Waals surface area contributed by atoms with E-state index in [2.05, 4.69) is 10.1 Å². The highest BCUT2D eigenvalue weighted by atomic mass is 16.5. The third-order valence-corrected chi connectivity index (χ3v) is 1.38. The van der Waals surface area contributed by atoms with Crippen LogP contribution in [0.5, 0.6) is 0 Å². The van der Waals surface area contributed by atoms with Crippen molar-refractivity contribution in [3.8, 4) is 0 Å². The van der Waals surface area contributed by atoms with Gasteiger partial charge in [0.1, 0.15) is 5.54 Å². The molecule has 0 aromatic rings. The Morgan fingerprint density at radius 2 is 1.58 bits per heavy atom. The van der Waals surface area contributed by atoms with Gasteiger partial charge in [0.05, 0.1) is 7.11 Å². The van der Waals surface area contributed by atoms with E-state index >= 15 is 0 Å². The molecule has 0 heterocycles.